The maximum Gasteiger partial charge on any atom is 0.0666 e. The van der Waals surface area contributed by atoms with Gasteiger partial charge in [0.15, 0.2) is 0 Å². The van der Waals surface area contributed by atoms with Crippen molar-refractivity contribution in [2.75, 3.05) is 13.1 Å². The summed E-state index contributed by atoms with van der Waals surface area (Å²) in [4.78, 5) is 4.20. The van der Waals surface area contributed by atoms with Crippen molar-refractivity contribution in [1.29, 1.82) is 0 Å². The van der Waals surface area contributed by atoms with Crippen molar-refractivity contribution < 1.29 is 0 Å². The first-order valence-corrected chi connectivity index (χ1v) is 4.84. The number of fused-ring (bicyclic) bond motifs is 2. The van der Waals surface area contributed by atoms with E-state index in [1.165, 1.54) is 24.0 Å². The van der Waals surface area contributed by atoms with Gasteiger partial charge in [0.1, 0.15) is 0 Å². The van der Waals surface area contributed by atoms with E-state index in [1.807, 2.05) is 12.4 Å². The summed E-state index contributed by atoms with van der Waals surface area (Å²) in [6.07, 6.45) is 8.40. The van der Waals surface area contributed by atoms with E-state index in [9.17, 15) is 0 Å². The Morgan fingerprint density at radius 2 is 2.15 bits per heavy atom. The zero-order valence-corrected chi connectivity index (χ0v) is 7.51. The molecule has 0 atom stereocenters. The van der Waals surface area contributed by atoms with Crippen molar-refractivity contribution in [1.82, 2.24) is 10.6 Å². The lowest BCUT2D eigenvalue weighted by molar-refractivity contribution is 0.330. The average Bonchev–Trinajstić information content (AvgIpc) is 2.73. The quantitative estimate of drug-likeness (QED) is 0.564. The molecule has 3 aliphatic heterocycles. The van der Waals surface area contributed by atoms with E-state index in [1.54, 1.807) is 0 Å². The van der Waals surface area contributed by atoms with Crippen LogP contribution >= 0.6 is 0 Å². The topological polar surface area (TPSA) is 36.4 Å². The van der Waals surface area contributed by atoms with Crippen LogP contribution in [0.15, 0.2) is 28.5 Å². The van der Waals surface area contributed by atoms with E-state index >= 15 is 0 Å². The lowest BCUT2D eigenvalue weighted by Gasteiger charge is -2.35. The molecule has 68 valence electrons. The van der Waals surface area contributed by atoms with Gasteiger partial charge in [0, 0.05) is 29.8 Å². The van der Waals surface area contributed by atoms with E-state index in [0.717, 1.165) is 13.1 Å². The molecule has 0 aromatic heterocycles. The second kappa shape index (κ2) is 2.45. The molecule has 0 aliphatic carbocycles. The van der Waals surface area contributed by atoms with Gasteiger partial charge in [-0.25, -0.2) is 0 Å². The number of aliphatic imine (C=N–C) groups is 1. The summed E-state index contributed by atoms with van der Waals surface area (Å²) in [6, 6.07) is 0. The van der Waals surface area contributed by atoms with Crippen molar-refractivity contribution >= 4 is 6.21 Å². The summed E-state index contributed by atoms with van der Waals surface area (Å²) >= 11 is 0. The molecule has 3 nitrogen and oxygen atoms in total. The normalized spacial score (nSPS) is 28.3. The third-order valence-electron chi connectivity index (χ3n) is 3.20. The van der Waals surface area contributed by atoms with Gasteiger partial charge in [-0.05, 0) is 25.9 Å². The second-order valence-corrected chi connectivity index (χ2v) is 3.90. The van der Waals surface area contributed by atoms with E-state index in [-0.39, 0.29) is 5.54 Å². The van der Waals surface area contributed by atoms with Gasteiger partial charge in [-0.1, -0.05) is 0 Å². The molecule has 3 heteroatoms. The molecule has 1 spiro atoms. The molecular formula is C10H13N3. The predicted octanol–water partition coefficient (Wildman–Crippen LogP) is 0.564. The SMILES string of the molecule is C1=NC=C2C1=CNC21CCNCC1. The van der Waals surface area contributed by atoms with Crippen LogP contribution in [0.5, 0.6) is 0 Å². The Bertz CT molecular complexity index is 319. The maximum atomic E-state index is 4.20. The first-order valence-electron chi connectivity index (χ1n) is 4.84. The summed E-state index contributed by atoms with van der Waals surface area (Å²) in [5, 5.41) is 6.90. The number of hydrogen-bond donors (Lipinski definition) is 2. The maximum absolute atomic E-state index is 4.20. The molecule has 0 unspecified atom stereocenters. The van der Waals surface area contributed by atoms with Crippen molar-refractivity contribution in [2.45, 2.75) is 18.4 Å². The fraction of sp³-hybridized carbons (Fsp3) is 0.500. The molecule has 0 aromatic carbocycles. The molecule has 13 heavy (non-hydrogen) atoms. The predicted molar refractivity (Wildman–Crippen MR) is 52.6 cm³/mol. The summed E-state index contributed by atoms with van der Waals surface area (Å²) in [5.74, 6) is 0. The molecule has 0 bridgehead atoms. The minimum atomic E-state index is 0.205. The Morgan fingerprint density at radius 3 is 3.00 bits per heavy atom. The van der Waals surface area contributed by atoms with Gasteiger partial charge in [0.2, 0.25) is 0 Å². The standard InChI is InChI=1S/C10H13N3/c1-3-11-4-2-10(1)9-7-12-5-8(9)6-13-10/h5-7,11,13H,1-4H2. The van der Waals surface area contributed by atoms with Crippen LogP contribution in [-0.2, 0) is 0 Å². The average molecular weight is 175 g/mol. The lowest BCUT2D eigenvalue weighted by Crippen LogP contribution is -2.49. The Labute approximate surface area is 77.6 Å². The molecule has 3 heterocycles. The van der Waals surface area contributed by atoms with Gasteiger partial charge in [-0.3, -0.25) is 4.99 Å². The van der Waals surface area contributed by atoms with Crippen molar-refractivity contribution in [3.63, 3.8) is 0 Å². The van der Waals surface area contributed by atoms with E-state index in [2.05, 4.69) is 21.8 Å². The fourth-order valence-electron chi connectivity index (χ4n) is 2.41. The molecule has 0 amide bonds. The highest BCUT2D eigenvalue weighted by Crippen LogP contribution is 2.37. The minimum Gasteiger partial charge on any atom is -0.381 e. The highest BCUT2D eigenvalue weighted by molar-refractivity contribution is 5.90. The molecule has 3 rings (SSSR count). The Hall–Kier alpha value is -1.09. The number of rotatable bonds is 0. The third kappa shape index (κ3) is 0.907. The summed E-state index contributed by atoms with van der Waals surface area (Å²) < 4.78 is 0. The van der Waals surface area contributed by atoms with Crippen LogP contribution in [0.4, 0.5) is 0 Å². The fourth-order valence-corrected chi connectivity index (χ4v) is 2.41. The molecule has 3 aliphatic rings. The Balaban J connectivity index is 1.95. The molecule has 0 aromatic rings. The highest BCUT2D eigenvalue weighted by Gasteiger charge is 2.40. The molecule has 2 N–H and O–H groups in total. The lowest BCUT2D eigenvalue weighted by atomic mass is 9.82. The van der Waals surface area contributed by atoms with E-state index < -0.39 is 0 Å². The van der Waals surface area contributed by atoms with Crippen LogP contribution in [0.1, 0.15) is 12.8 Å². The number of hydrogen-bond acceptors (Lipinski definition) is 3. The smallest absolute Gasteiger partial charge is 0.0666 e. The van der Waals surface area contributed by atoms with Crippen molar-refractivity contribution in [3.8, 4) is 0 Å². The van der Waals surface area contributed by atoms with Gasteiger partial charge in [0.25, 0.3) is 0 Å². The minimum absolute atomic E-state index is 0.205. The van der Waals surface area contributed by atoms with Crippen molar-refractivity contribution in [2.24, 2.45) is 4.99 Å². The van der Waals surface area contributed by atoms with Crippen LogP contribution in [0, 0.1) is 0 Å². The molecule has 1 saturated heterocycles. The third-order valence-corrected chi connectivity index (χ3v) is 3.20. The molecular weight excluding hydrogens is 162 g/mol. The van der Waals surface area contributed by atoms with Crippen LogP contribution in [-0.4, -0.2) is 24.8 Å². The molecule has 0 saturated carbocycles. The number of nitrogens with zero attached hydrogens (tertiary/aromatic N) is 1. The monoisotopic (exact) mass is 175 g/mol. The largest absolute Gasteiger partial charge is 0.381 e. The molecule has 0 radical (unpaired) electrons. The summed E-state index contributed by atoms with van der Waals surface area (Å²) in [6.45, 7) is 2.21. The summed E-state index contributed by atoms with van der Waals surface area (Å²) in [5.41, 5.74) is 2.88. The van der Waals surface area contributed by atoms with Gasteiger partial charge in [0.05, 0.1) is 5.54 Å². The first kappa shape index (κ1) is 7.33. The van der Waals surface area contributed by atoms with Crippen LogP contribution in [0.25, 0.3) is 0 Å². The van der Waals surface area contributed by atoms with Crippen LogP contribution in [0.3, 0.4) is 0 Å². The Morgan fingerprint density at radius 1 is 1.31 bits per heavy atom. The highest BCUT2D eigenvalue weighted by atomic mass is 15.0. The van der Waals surface area contributed by atoms with Crippen molar-refractivity contribution in [3.05, 3.63) is 23.5 Å². The van der Waals surface area contributed by atoms with Gasteiger partial charge in [-0.2, -0.15) is 0 Å². The zero-order valence-electron chi connectivity index (χ0n) is 7.51. The van der Waals surface area contributed by atoms with Gasteiger partial charge >= 0.3 is 0 Å². The van der Waals surface area contributed by atoms with Gasteiger partial charge < -0.3 is 10.6 Å². The van der Waals surface area contributed by atoms with Gasteiger partial charge in [-0.15, -0.1) is 0 Å². The van der Waals surface area contributed by atoms with Crippen LogP contribution < -0.4 is 10.6 Å². The number of piperidine rings is 1. The zero-order chi connectivity index (χ0) is 8.73. The van der Waals surface area contributed by atoms with E-state index in [0.29, 0.717) is 0 Å². The van der Waals surface area contributed by atoms with Crippen LogP contribution in [0.2, 0.25) is 0 Å². The number of nitrogens with one attached hydrogen (secondary N) is 2. The first-order chi connectivity index (χ1) is 6.41. The Kier molecular flexibility index (Phi) is 1.38. The summed E-state index contributed by atoms with van der Waals surface area (Å²) in [7, 11) is 0. The second-order valence-electron chi connectivity index (χ2n) is 3.90. The molecule has 1 fully saturated rings. The van der Waals surface area contributed by atoms with E-state index in [4.69, 9.17) is 0 Å².